The Labute approximate surface area is 141 Å². The average Bonchev–Trinajstić information content (AvgIpc) is 3.15. The highest BCUT2D eigenvalue weighted by Gasteiger charge is 2.16. The fourth-order valence-corrected chi connectivity index (χ4v) is 2.96. The third-order valence-electron chi connectivity index (χ3n) is 3.92. The first kappa shape index (κ1) is 15.8. The zero-order chi connectivity index (χ0) is 16.1. The Balaban J connectivity index is 1.47. The summed E-state index contributed by atoms with van der Waals surface area (Å²) in [4.78, 5) is 4.24. The van der Waals surface area contributed by atoms with Gasteiger partial charge in [-0.1, -0.05) is 23.7 Å². The Kier molecular flexibility index (Phi) is 5.12. The van der Waals surface area contributed by atoms with Crippen LogP contribution in [-0.2, 0) is 25.9 Å². The van der Waals surface area contributed by atoms with Gasteiger partial charge in [0.15, 0.2) is 11.8 Å². The Morgan fingerprint density at radius 1 is 1.35 bits per heavy atom. The Bertz CT molecular complexity index is 694. The number of halogens is 1. The average molecular weight is 333 g/mol. The number of rotatable bonds is 5. The number of nitrogens with zero attached hydrogens (tertiary/aromatic N) is 4. The molecule has 0 radical (unpaired) electrons. The van der Waals surface area contributed by atoms with Gasteiger partial charge in [-0.05, 0) is 30.5 Å². The largest absolute Gasteiger partial charge is 0.356 e. The number of hydrogen-bond donors (Lipinski definition) is 2. The second kappa shape index (κ2) is 7.46. The topological polar surface area (TPSA) is 67.1 Å². The fourth-order valence-electron chi connectivity index (χ4n) is 2.74. The van der Waals surface area contributed by atoms with Crippen LogP contribution in [0.5, 0.6) is 0 Å². The summed E-state index contributed by atoms with van der Waals surface area (Å²) in [6.07, 6.45) is 3.08. The first-order valence-corrected chi connectivity index (χ1v) is 8.24. The van der Waals surface area contributed by atoms with Crippen molar-refractivity contribution in [2.45, 2.75) is 32.4 Å². The molecule has 2 heterocycles. The third-order valence-corrected chi connectivity index (χ3v) is 4.15. The van der Waals surface area contributed by atoms with Crippen LogP contribution in [-0.4, -0.2) is 34.3 Å². The molecule has 23 heavy (non-hydrogen) atoms. The lowest BCUT2D eigenvalue weighted by Crippen LogP contribution is -2.38. The van der Waals surface area contributed by atoms with Crippen molar-refractivity contribution in [2.24, 2.45) is 4.99 Å². The van der Waals surface area contributed by atoms with Crippen molar-refractivity contribution in [1.82, 2.24) is 25.4 Å². The Hall–Kier alpha value is -2.08. The molecule has 3 rings (SSSR count). The van der Waals surface area contributed by atoms with Gasteiger partial charge >= 0.3 is 0 Å². The van der Waals surface area contributed by atoms with Gasteiger partial charge in [0.25, 0.3) is 0 Å². The lowest BCUT2D eigenvalue weighted by molar-refractivity contribution is 0.662. The van der Waals surface area contributed by atoms with E-state index in [4.69, 9.17) is 11.6 Å². The number of guanidine groups is 1. The molecule has 1 aromatic heterocycles. The molecular weight excluding hydrogens is 312 g/mol. The molecule has 0 saturated heterocycles. The smallest absolute Gasteiger partial charge is 0.191 e. The minimum Gasteiger partial charge on any atom is -0.356 e. The second-order valence-corrected chi connectivity index (χ2v) is 5.96. The zero-order valence-corrected chi connectivity index (χ0v) is 14.0. The highest BCUT2D eigenvalue weighted by Crippen LogP contribution is 2.13. The van der Waals surface area contributed by atoms with Gasteiger partial charge in [-0.3, -0.25) is 4.99 Å². The molecule has 0 amide bonds. The molecule has 0 aliphatic carbocycles. The van der Waals surface area contributed by atoms with Crippen LogP contribution in [0.25, 0.3) is 0 Å². The van der Waals surface area contributed by atoms with Gasteiger partial charge < -0.3 is 15.2 Å². The van der Waals surface area contributed by atoms with E-state index in [0.29, 0.717) is 6.54 Å². The minimum atomic E-state index is 0.629. The van der Waals surface area contributed by atoms with Crippen LogP contribution < -0.4 is 10.6 Å². The zero-order valence-electron chi connectivity index (χ0n) is 13.2. The van der Waals surface area contributed by atoms with Gasteiger partial charge in [-0.15, -0.1) is 10.2 Å². The van der Waals surface area contributed by atoms with Crippen molar-refractivity contribution >= 4 is 17.6 Å². The molecule has 1 aromatic carbocycles. The number of benzene rings is 1. The standard InChI is InChI=1S/C16H21ClN6/c1-18-16(19-8-7-12-4-2-5-13(17)10-12)20-11-15-22-21-14-6-3-9-23(14)15/h2,4-5,10H,3,6-9,11H2,1H3,(H2,18,19,20). The van der Waals surface area contributed by atoms with Gasteiger partial charge in [0, 0.05) is 31.6 Å². The van der Waals surface area contributed by atoms with Gasteiger partial charge in [0.2, 0.25) is 0 Å². The van der Waals surface area contributed by atoms with E-state index in [1.54, 1.807) is 7.05 Å². The molecule has 122 valence electrons. The van der Waals surface area contributed by atoms with Crippen molar-refractivity contribution in [3.05, 3.63) is 46.5 Å². The van der Waals surface area contributed by atoms with Crippen LogP contribution in [0.3, 0.4) is 0 Å². The number of hydrogen-bond acceptors (Lipinski definition) is 3. The summed E-state index contributed by atoms with van der Waals surface area (Å²) in [5.74, 6) is 2.82. The second-order valence-electron chi connectivity index (χ2n) is 5.52. The van der Waals surface area contributed by atoms with E-state index in [0.717, 1.165) is 55.0 Å². The van der Waals surface area contributed by atoms with Crippen molar-refractivity contribution in [2.75, 3.05) is 13.6 Å². The SMILES string of the molecule is CN=C(NCCc1cccc(Cl)c1)NCc1nnc2n1CCC2. The highest BCUT2D eigenvalue weighted by atomic mass is 35.5. The van der Waals surface area contributed by atoms with Crippen molar-refractivity contribution in [3.8, 4) is 0 Å². The van der Waals surface area contributed by atoms with E-state index in [-0.39, 0.29) is 0 Å². The molecule has 0 saturated carbocycles. The summed E-state index contributed by atoms with van der Waals surface area (Å²) in [6.45, 7) is 2.43. The predicted octanol–water partition coefficient (Wildman–Crippen LogP) is 1.79. The van der Waals surface area contributed by atoms with E-state index in [1.807, 2.05) is 18.2 Å². The van der Waals surface area contributed by atoms with Crippen molar-refractivity contribution in [3.63, 3.8) is 0 Å². The van der Waals surface area contributed by atoms with E-state index in [9.17, 15) is 0 Å². The number of aromatic nitrogens is 3. The quantitative estimate of drug-likeness (QED) is 0.647. The monoisotopic (exact) mass is 332 g/mol. The maximum Gasteiger partial charge on any atom is 0.191 e. The molecule has 2 N–H and O–H groups in total. The van der Waals surface area contributed by atoms with Gasteiger partial charge in [0.05, 0.1) is 6.54 Å². The van der Waals surface area contributed by atoms with Crippen LogP contribution in [0.15, 0.2) is 29.3 Å². The number of nitrogens with one attached hydrogen (secondary N) is 2. The van der Waals surface area contributed by atoms with Crippen LogP contribution in [0.1, 0.15) is 23.6 Å². The van der Waals surface area contributed by atoms with Crippen LogP contribution in [0.2, 0.25) is 5.02 Å². The van der Waals surface area contributed by atoms with E-state index < -0.39 is 0 Å². The lowest BCUT2D eigenvalue weighted by Gasteiger charge is -2.12. The number of aliphatic imine (C=N–C) groups is 1. The molecular formula is C16H21ClN6. The molecule has 0 bridgehead atoms. The van der Waals surface area contributed by atoms with Crippen LogP contribution in [0.4, 0.5) is 0 Å². The molecule has 6 nitrogen and oxygen atoms in total. The summed E-state index contributed by atoms with van der Waals surface area (Å²) >= 11 is 6.00. The van der Waals surface area contributed by atoms with E-state index >= 15 is 0 Å². The van der Waals surface area contributed by atoms with Crippen LogP contribution >= 0.6 is 11.6 Å². The maximum atomic E-state index is 6.00. The molecule has 1 aliphatic heterocycles. The van der Waals surface area contributed by atoms with Crippen LogP contribution in [0, 0.1) is 0 Å². The molecule has 7 heteroatoms. The maximum absolute atomic E-state index is 6.00. The lowest BCUT2D eigenvalue weighted by atomic mass is 10.1. The molecule has 0 fully saturated rings. The van der Waals surface area contributed by atoms with Gasteiger partial charge in [0.1, 0.15) is 5.82 Å². The third kappa shape index (κ3) is 4.01. The Morgan fingerprint density at radius 3 is 3.09 bits per heavy atom. The van der Waals surface area contributed by atoms with Gasteiger partial charge in [-0.25, -0.2) is 0 Å². The molecule has 0 atom stereocenters. The summed E-state index contributed by atoms with van der Waals surface area (Å²) in [7, 11) is 1.77. The van der Waals surface area contributed by atoms with E-state index in [1.165, 1.54) is 5.56 Å². The first-order chi connectivity index (χ1) is 11.3. The van der Waals surface area contributed by atoms with E-state index in [2.05, 4.69) is 36.5 Å². The summed E-state index contributed by atoms with van der Waals surface area (Å²) in [6, 6.07) is 7.91. The van der Waals surface area contributed by atoms with Gasteiger partial charge in [-0.2, -0.15) is 0 Å². The summed E-state index contributed by atoms with van der Waals surface area (Å²) in [5, 5.41) is 15.8. The van der Waals surface area contributed by atoms with Crippen molar-refractivity contribution < 1.29 is 0 Å². The molecule has 2 aromatic rings. The molecule has 0 unspecified atom stereocenters. The molecule has 0 spiro atoms. The summed E-state index contributed by atoms with van der Waals surface area (Å²) < 4.78 is 2.19. The predicted molar refractivity (Wildman–Crippen MR) is 91.7 cm³/mol. The fraction of sp³-hybridized carbons (Fsp3) is 0.438. The summed E-state index contributed by atoms with van der Waals surface area (Å²) in [5.41, 5.74) is 1.20. The highest BCUT2D eigenvalue weighted by molar-refractivity contribution is 6.30. The molecule has 1 aliphatic rings. The minimum absolute atomic E-state index is 0.629. The number of aryl methyl sites for hydroxylation is 1. The first-order valence-electron chi connectivity index (χ1n) is 7.86. The number of fused-ring (bicyclic) bond motifs is 1. The Morgan fingerprint density at radius 2 is 2.26 bits per heavy atom. The normalized spacial score (nSPS) is 13.9. The van der Waals surface area contributed by atoms with Crippen molar-refractivity contribution in [1.29, 1.82) is 0 Å².